The maximum Gasteiger partial charge on any atom is 0.241 e. The number of hydrogen-bond donors (Lipinski definition) is 1. The number of nitrogen functional groups attached to an aromatic ring is 1. The highest BCUT2D eigenvalue weighted by Crippen LogP contribution is 2.26. The van der Waals surface area contributed by atoms with Crippen LogP contribution in [0.5, 0.6) is 5.88 Å². The Bertz CT molecular complexity index is 758. The first kappa shape index (κ1) is 12.3. The molecule has 0 saturated heterocycles. The topological polar surface area (TPSA) is 73.9 Å². The lowest BCUT2D eigenvalue weighted by Gasteiger charge is -2.08. The summed E-state index contributed by atoms with van der Waals surface area (Å²) in [5.41, 5.74) is 7.62. The molecule has 0 spiro atoms. The van der Waals surface area contributed by atoms with Gasteiger partial charge < -0.3 is 10.5 Å². The zero-order valence-electron chi connectivity index (χ0n) is 11.1. The summed E-state index contributed by atoms with van der Waals surface area (Å²) in [4.78, 5) is 4.39. The van der Waals surface area contributed by atoms with Crippen LogP contribution in [0.2, 0.25) is 0 Å². The van der Waals surface area contributed by atoms with Crippen LogP contribution >= 0.6 is 0 Å². The molecule has 5 nitrogen and oxygen atoms in total. The lowest BCUT2D eigenvalue weighted by Crippen LogP contribution is -2.03. The van der Waals surface area contributed by atoms with E-state index < -0.39 is 0 Å². The van der Waals surface area contributed by atoms with E-state index in [-0.39, 0.29) is 0 Å². The van der Waals surface area contributed by atoms with E-state index in [1.807, 2.05) is 49.4 Å². The molecule has 1 aromatic carbocycles. The summed E-state index contributed by atoms with van der Waals surface area (Å²) in [6.07, 6.45) is 0. The third kappa shape index (κ3) is 2.38. The number of nitrogens with two attached hydrogens (primary N) is 1. The van der Waals surface area contributed by atoms with Crippen molar-refractivity contribution in [1.29, 1.82) is 0 Å². The summed E-state index contributed by atoms with van der Waals surface area (Å²) < 4.78 is 5.72. The van der Waals surface area contributed by atoms with Gasteiger partial charge in [0, 0.05) is 16.5 Å². The van der Waals surface area contributed by atoms with Crippen LogP contribution in [0.4, 0.5) is 5.82 Å². The molecule has 20 heavy (non-hydrogen) atoms. The van der Waals surface area contributed by atoms with Crippen molar-refractivity contribution < 1.29 is 4.74 Å². The highest BCUT2D eigenvalue weighted by molar-refractivity contribution is 5.93. The normalized spacial score (nSPS) is 10.7. The number of aromatic nitrogens is 3. The fraction of sp³-hybridized carbons (Fsp3) is 0.133. The Morgan fingerprint density at radius 2 is 1.80 bits per heavy atom. The molecular formula is C15H14N4O. The van der Waals surface area contributed by atoms with Crippen LogP contribution in [0.1, 0.15) is 11.4 Å². The smallest absolute Gasteiger partial charge is 0.241 e. The Morgan fingerprint density at radius 1 is 1.00 bits per heavy atom. The van der Waals surface area contributed by atoms with Crippen LogP contribution in [0.15, 0.2) is 42.5 Å². The van der Waals surface area contributed by atoms with E-state index in [0.717, 1.165) is 22.2 Å². The van der Waals surface area contributed by atoms with Gasteiger partial charge >= 0.3 is 0 Å². The predicted octanol–water partition coefficient (Wildman–Crippen LogP) is 2.49. The van der Waals surface area contributed by atoms with Gasteiger partial charge in [-0.05, 0) is 25.1 Å². The van der Waals surface area contributed by atoms with Gasteiger partial charge in [0.05, 0.1) is 5.69 Å². The number of anilines is 1. The fourth-order valence-electron chi connectivity index (χ4n) is 2.03. The molecule has 0 unspecified atom stereocenters. The number of fused-ring (bicyclic) bond motifs is 1. The van der Waals surface area contributed by atoms with Crippen molar-refractivity contribution in [2.24, 2.45) is 0 Å². The second kappa shape index (κ2) is 5.13. The maximum atomic E-state index is 5.81. The van der Waals surface area contributed by atoms with E-state index in [0.29, 0.717) is 18.3 Å². The van der Waals surface area contributed by atoms with Crippen molar-refractivity contribution in [3.05, 3.63) is 53.9 Å². The summed E-state index contributed by atoms with van der Waals surface area (Å²) in [7, 11) is 0. The number of rotatable bonds is 3. The van der Waals surface area contributed by atoms with Crippen LogP contribution in [0, 0.1) is 6.92 Å². The van der Waals surface area contributed by atoms with Crippen LogP contribution in [-0.2, 0) is 6.61 Å². The van der Waals surface area contributed by atoms with Gasteiger partial charge in [0.2, 0.25) is 5.88 Å². The highest BCUT2D eigenvalue weighted by Gasteiger charge is 2.08. The van der Waals surface area contributed by atoms with Crippen molar-refractivity contribution >= 4 is 16.6 Å². The summed E-state index contributed by atoms with van der Waals surface area (Å²) in [5.74, 6) is 0.875. The molecule has 0 aliphatic carbocycles. The fourth-order valence-corrected chi connectivity index (χ4v) is 2.03. The van der Waals surface area contributed by atoms with E-state index in [1.165, 1.54) is 0 Å². The highest BCUT2D eigenvalue weighted by atomic mass is 16.5. The number of benzene rings is 1. The summed E-state index contributed by atoms with van der Waals surface area (Å²) in [6.45, 7) is 2.30. The molecule has 0 aliphatic heterocycles. The summed E-state index contributed by atoms with van der Waals surface area (Å²) in [5, 5.41) is 9.64. The molecule has 0 bridgehead atoms. The molecule has 3 rings (SSSR count). The van der Waals surface area contributed by atoms with E-state index in [9.17, 15) is 0 Å². The molecule has 100 valence electrons. The van der Waals surface area contributed by atoms with Crippen LogP contribution < -0.4 is 10.5 Å². The Balaban J connectivity index is 1.90. The zero-order valence-corrected chi connectivity index (χ0v) is 11.1. The minimum Gasteiger partial charge on any atom is -0.470 e. The monoisotopic (exact) mass is 266 g/mol. The van der Waals surface area contributed by atoms with Gasteiger partial charge in [-0.2, -0.15) is 0 Å². The Kier molecular flexibility index (Phi) is 3.16. The molecule has 0 radical (unpaired) electrons. The third-order valence-corrected chi connectivity index (χ3v) is 2.98. The molecule has 2 aromatic heterocycles. The van der Waals surface area contributed by atoms with Crippen molar-refractivity contribution in [1.82, 2.24) is 15.2 Å². The van der Waals surface area contributed by atoms with E-state index in [1.54, 1.807) is 0 Å². The first-order valence-corrected chi connectivity index (χ1v) is 6.30. The average molecular weight is 266 g/mol. The van der Waals surface area contributed by atoms with Gasteiger partial charge in [-0.25, -0.2) is 0 Å². The lowest BCUT2D eigenvalue weighted by molar-refractivity contribution is 0.290. The molecule has 0 saturated carbocycles. The molecule has 3 aromatic rings. The first-order valence-electron chi connectivity index (χ1n) is 6.30. The van der Waals surface area contributed by atoms with E-state index in [2.05, 4.69) is 15.2 Å². The van der Waals surface area contributed by atoms with Crippen LogP contribution in [0.3, 0.4) is 0 Å². The van der Waals surface area contributed by atoms with Crippen molar-refractivity contribution in [3.8, 4) is 5.88 Å². The summed E-state index contributed by atoms with van der Waals surface area (Å²) >= 11 is 0. The van der Waals surface area contributed by atoms with Crippen molar-refractivity contribution in [3.63, 3.8) is 0 Å². The number of nitrogens with zero attached hydrogens (tertiary/aromatic N) is 3. The molecule has 0 atom stereocenters. The second-order valence-electron chi connectivity index (χ2n) is 4.49. The lowest BCUT2D eigenvalue weighted by atomic mass is 10.2. The second-order valence-corrected chi connectivity index (χ2v) is 4.49. The number of pyridine rings is 1. The third-order valence-electron chi connectivity index (χ3n) is 2.98. The zero-order chi connectivity index (χ0) is 13.9. The number of aryl methyl sites for hydroxylation is 1. The SMILES string of the molecule is Cc1cccc(COc2nnc(N)c3ccccc23)n1. The van der Waals surface area contributed by atoms with Gasteiger partial charge in [-0.3, -0.25) is 4.98 Å². The van der Waals surface area contributed by atoms with E-state index in [4.69, 9.17) is 10.5 Å². The largest absolute Gasteiger partial charge is 0.470 e. The van der Waals surface area contributed by atoms with Gasteiger partial charge in [0.25, 0.3) is 0 Å². The first-order chi connectivity index (χ1) is 9.74. The minimum absolute atomic E-state index is 0.351. The van der Waals surface area contributed by atoms with Gasteiger partial charge in [-0.1, -0.05) is 24.3 Å². The average Bonchev–Trinajstić information content (AvgIpc) is 2.47. The Hall–Kier alpha value is -2.69. The maximum absolute atomic E-state index is 5.81. The van der Waals surface area contributed by atoms with Gasteiger partial charge in [0.15, 0.2) is 5.82 Å². The Morgan fingerprint density at radius 3 is 2.60 bits per heavy atom. The number of ether oxygens (including phenoxy) is 1. The molecule has 0 aliphatic rings. The summed E-state index contributed by atoms with van der Waals surface area (Å²) in [6, 6.07) is 13.5. The molecule has 2 N–H and O–H groups in total. The predicted molar refractivity (Wildman–Crippen MR) is 77.3 cm³/mol. The van der Waals surface area contributed by atoms with Gasteiger partial charge in [-0.15, -0.1) is 10.2 Å². The Labute approximate surface area is 116 Å². The van der Waals surface area contributed by atoms with Crippen LogP contribution in [0.25, 0.3) is 10.8 Å². The molecular weight excluding hydrogens is 252 g/mol. The van der Waals surface area contributed by atoms with Crippen molar-refractivity contribution in [2.45, 2.75) is 13.5 Å². The molecule has 0 fully saturated rings. The van der Waals surface area contributed by atoms with Crippen LogP contribution in [-0.4, -0.2) is 15.2 Å². The molecule has 5 heteroatoms. The standard InChI is InChI=1S/C15H14N4O/c1-10-5-4-6-11(17-10)9-20-15-13-8-3-2-7-12(13)14(16)18-19-15/h2-8H,9H2,1H3,(H2,16,18). The molecule has 2 heterocycles. The van der Waals surface area contributed by atoms with Gasteiger partial charge in [0.1, 0.15) is 6.61 Å². The molecule has 0 amide bonds. The quantitative estimate of drug-likeness (QED) is 0.788. The number of hydrogen-bond acceptors (Lipinski definition) is 5. The van der Waals surface area contributed by atoms with Crippen molar-refractivity contribution in [2.75, 3.05) is 5.73 Å². The van der Waals surface area contributed by atoms with E-state index >= 15 is 0 Å². The minimum atomic E-state index is 0.351.